The predicted molar refractivity (Wildman–Crippen MR) is 113 cm³/mol. The van der Waals surface area contributed by atoms with Crippen LogP contribution in [0.25, 0.3) is 0 Å². The van der Waals surface area contributed by atoms with Gasteiger partial charge in [-0.2, -0.15) is 0 Å². The van der Waals surface area contributed by atoms with Gasteiger partial charge >= 0.3 is 0 Å². The van der Waals surface area contributed by atoms with E-state index in [4.69, 9.17) is 0 Å². The standard InChI is InChI=1S/C24H28N2O3/c1-3-25(4-2)23(28)19-14-16-26(17-15-19)24(29)21-13-9-8-12-20(21)22(27)18-10-6-5-7-11-18/h5-13,19H,3-4,14-17H2,1-2H3. The molecule has 2 amide bonds. The maximum Gasteiger partial charge on any atom is 0.254 e. The molecular weight excluding hydrogens is 364 g/mol. The van der Waals surface area contributed by atoms with Crippen LogP contribution in [0.4, 0.5) is 0 Å². The number of carbonyl (C=O) groups is 3. The third kappa shape index (κ3) is 4.56. The third-order valence-electron chi connectivity index (χ3n) is 5.64. The SMILES string of the molecule is CCN(CC)C(=O)C1CCN(C(=O)c2ccccc2C(=O)c2ccccc2)CC1. The van der Waals surface area contributed by atoms with E-state index >= 15 is 0 Å². The molecule has 29 heavy (non-hydrogen) atoms. The largest absolute Gasteiger partial charge is 0.343 e. The summed E-state index contributed by atoms with van der Waals surface area (Å²) in [6.07, 6.45) is 1.33. The Balaban J connectivity index is 1.73. The molecule has 0 saturated carbocycles. The molecule has 1 heterocycles. The molecule has 0 unspecified atom stereocenters. The Morgan fingerprint density at radius 2 is 1.41 bits per heavy atom. The van der Waals surface area contributed by atoms with Crippen LogP contribution in [0.5, 0.6) is 0 Å². The fourth-order valence-corrected chi connectivity index (χ4v) is 3.91. The Morgan fingerprint density at radius 1 is 0.862 bits per heavy atom. The number of ketones is 1. The van der Waals surface area contributed by atoms with Crippen LogP contribution in [-0.4, -0.2) is 53.6 Å². The second kappa shape index (κ2) is 9.50. The van der Waals surface area contributed by atoms with Gasteiger partial charge in [0.05, 0.1) is 5.56 Å². The maximum absolute atomic E-state index is 13.2. The maximum atomic E-state index is 13.2. The molecule has 1 fully saturated rings. The summed E-state index contributed by atoms with van der Waals surface area (Å²) in [5.41, 5.74) is 1.41. The number of piperidine rings is 1. The summed E-state index contributed by atoms with van der Waals surface area (Å²) in [6.45, 7) is 6.46. The van der Waals surface area contributed by atoms with E-state index in [2.05, 4.69) is 0 Å². The van der Waals surface area contributed by atoms with Crippen LogP contribution in [0.15, 0.2) is 54.6 Å². The Morgan fingerprint density at radius 3 is 2.00 bits per heavy atom. The van der Waals surface area contributed by atoms with Crippen molar-refractivity contribution in [1.29, 1.82) is 0 Å². The summed E-state index contributed by atoms with van der Waals surface area (Å²) < 4.78 is 0. The van der Waals surface area contributed by atoms with Crippen LogP contribution in [0.2, 0.25) is 0 Å². The average Bonchev–Trinajstić information content (AvgIpc) is 2.79. The molecule has 1 saturated heterocycles. The molecule has 152 valence electrons. The van der Waals surface area contributed by atoms with Gasteiger partial charge < -0.3 is 9.80 Å². The van der Waals surface area contributed by atoms with Crippen LogP contribution < -0.4 is 0 Å². The minimum atomic E-state index is -0.152. The number of amides is 2. The van der Waals surface area contributed by atoms with Crippen LogP contribution in [0.1, 0.15) is 53.0 Å². The summed E-state index contributed by atoms with van der Waals surface area (Å²) in [5.74, 6) is -0.137. The normalized spacial score (nSPS) is 14.5. The van der Waals surface area contributed by atoms with E-state index in [1.54, 1.807) is 41.3 Å². The molecular formula is C24H28N2O3. The number of rotatable bonds is 6. The number of hydrogen-bond donors (Lipinski definition) is 0. The smallest absolute Gasteiger partial charge is 0.254 e. The zero-order chi connectivity index (χ0) is 20.8. The Kier molecular flexibility index (Phi) is 6.81. The zero-order valence-corrected chi connectivity index (χ0v) is 17.1. The van der Waals surface area contributed by atoms with Crippen molar-refractivity contribution in [3.05, 3.63) is 71.3 Å². The fraction of sp³-hybridized carbons (Fsp3) is 0.375. The van der Waals surface area contributed by atoms with Crippen molar-refractivity contribution >= 4 is 17.6 Å². The van der Waals surface area contributed by atoms with E-state index in [1.807, 2.05) is 36.9 Å². The summed E-state index contributed by atoms with van der Waals surface area (Å²) >= 11 is 0. The first-order chi connectivity index (χ1) is 14.1. The zero-order valence-electron chi connectivity index (χ0n) is 17.1. The molecule has 0 N–H and O–H groups in total. The Labute approximate surface area is 172 Å². The summed E-state index contributed by atoms with van der Waals surface area (Å²) in [4.78, 5) is 42.3. The average molecular weight is 392 g/mol. The molecule has 0 aromatic heterocycles. The van der Waals surface area contributed by atoms with Crippen LogP contribution in [0.3, 0.4) is 0 Å². The molecule has 0 atom stereocenters. The second-order valence-electron chi connectivity index (χ2n) is 7.32. The molecule has 5 heteroatoms. The minimum absolute atomic E-state index is 0.0276. The van der Waals surface area contributed by atoms with Crippen molar-refractivity contribution in [3.8, 4) is 0 Å². The topological polar surface area (TPSA) is 57.7 Å². The van der Waals surface area contributed by atoms with Crippen LogP contribution in [0, 0.1) is 5.92 Å². The highest BCUT2D eigenvalue weighted by atomic mass is 16.2. The van der Waals surface area contributed by atoms with Gasteiger partial charge in [0.15, 0.2) is 5.78 Å². The van der Waals surface area contributed by atoms with Crippen molar-refractivity contribution in [2.24, 2.45) is 5.92 Å². The molecule has 0 radical (unpaired) electrons. The lowest BCUT2D eigenvalue weighted by Crippen LogP contribution is -2.44. The molecule has 5 nitrogen and oxygen atoms in total. The first-order valence-corrected chi connectivity index (χ1v) is 10.3. The summed E-state index contributed by atoms with van der Waals surface area (Å²) in [7, 11) is 0. The lowest BCUT2D eigenvalue weighted by atomic mass is 9.93. The van der Waals surface area contributed by atoms with Gasteiger partial charge in [-0.05, 0) is 32.8 Å². The van der Waals surface area contributed by atoms with Gasteiger partial charge in [0.1, 0.15) is 0 Å². The van der Waals surface area contributed by atoms with Gasteiger partial charge in [0, 0.05) is 43.2 Å². The van der Waals surface area contributed by atoms with E-state index in [1.165, 1.54) is 0 Å². The molecule has 1 aliphatic rings. The molecule has 3 rings (SSSR count). The molecule has 0 spiro atoms. The predicted octanol–water partition coefficient (Wildman–Crippen LogP) is 3.64. The molecule has 2 aromatic carbocycles. The first-order valence-electron chi connectivity index (χ1n) is 10.3. The van der Waals surface area contributed by atoms with Crippen molar-refractivity contribution in [2.45, 2.75) is 26.7 Å². The van der Waals surface area contributed by atoms with Gasteiger partial charge in [0.25, 0.3) is 5.91 Å². The fourth-order valence-electron chi connectivity index (χ4n) is 3.91. The number of carbonyl (C=O) groups excluding carboxylic acids is 3. The van der Waals surface area contributed by atoms with Gasteiger partial charge in [-0.15, -0.1) is 0 Å². The van der Waals surface area contributed by atoms with E-state index in [-0.39, 0.29) is 23.5 Å². The Bertz CT molecular complexity index is 867. The van der Waals surface area contributed by atoms with E-state index in [0.29, 0.717) is 55.7 Å². The van der Waals surface area contributed by atoms with Crippen molar-refractivity contribution in [3.63, 3.8) is 0 Å². The highest BCUT2D eigenvalue weighted by Gasteiger charge is 2.31. The van der Waals surface area contributed by atoms with Gasteiger partial charge in [0.2, 0.25) is 5.91 Å². The number of likely N-dealkylation sites (tertiary alicyclic amines) is 1. The monoisotopic (exact) mass is 392 g/mol. The number of benzene rings is 2. The Hall–Kier alpha value is -2.95. The van der Waals surface area contributed by atoms with Gasteiger partial charge in [-0.1, -0.05) is 48.5 Å². The molecule has 2 aromatic rings. The van der Waals surface area contributed by atoms with Crippen LogP contribution in [-0.2, 0) is 4.79 Å². The first kappa shape index (κ1) is 20.8. The molecule has 0 aliphatic carbocycles. The highest BCUT2D eigenvalue weighted by molar-refractivity contribution is 6.15. The van der Waals surface area contributed by atoms with E-state index in [0.717, 1.165) is 0 Å². The van der Waals surface area contributed by atoms with Crippen LogP contribution >= 0.6 is 0 Å². The summed E-state index contributed by atoms with van der Waals surface area (Å²) in [5, 5.41) is 0. The van der Waals surface area contributed by atoms with Crippen molar-refractivity contribution in [2.75, 3.05) is 26.2 Å². The lowest BCUT2D eigenvalue weighted by Gasteiger charge is -2.34. The van der Waals surface area contributed by atoms with E-state index in [9.17, 15) is 14.4 Å². The van der Waals surface area contributed by atoms with Crippen molar-refractivity contribution < 1.29 is 14.4 Å². The lowest BCUT2D eigenvalue weighted by molar-refractivity contribution is -0.136. The van der Waals surface area contributed by atoms with Crippen molar-refractivity contribution in [1.82, 2.24) is 9.80 Å². The minimum Gasteiger partial charge on any atom is -0.343 e. The van der Waals surface area contributed by atoms with E-state index < -0.39 is 0 Å². The highest BCUT2D eigenvalue weighted by Crippen LogP contribution is 2.23. The molecule has 1 aliphatic heterocycles. The third-order valence-corrected chi connectivity index (χ3v) is 5.64. The number of nitrogens with zero attached hydrogens (tertiary/aromatic N) is 2. The van der Waals surface area contributed by atoms with Gasteiger partial charge in [-0.3, -0.25) is 14.4 Å². The second-order valence-corrected chi connectivity index (χ2v) is 7.32. The quantitative estimate of drug-likeness (QED) is 0.705. The molecule has 0 bridgehead atoms. The number of hydrogen-bond acceptors (Lipinski definition) is 3. The van der Waals surface area contributed by atoms with Gasteiger partial charge in [-0.25, -0.2) is 0 Å². The summed E-state index contributed by atoms with van der Waals surface area (Å²) in [6, 6.07) is 16.0.